The molecule has 5 saturated carbocycles. The first kappa shape index (κ1) is 24.0. The van der Waals surface area contributed by atoms with Crippen LogP contribution < -0.4 is 10.5 Å². The van der Waals surface area contributed by atoms with Crippen LogP contribution >= 0.6 is 0 Å². The predicted molar refractivity (Wildman–Crippen MR) is 136 cm³/mol. The van der Waals surface area contributed by atoms with E-state index in [4.69, 9.17) is 5.73 Å². The fourth-order valence-electron chi connectivity index (χ4n) is 8.37. The molecule has 0 spiro atoms. The van der Waals surface area contributed by atoms with Gasteiger partial charge in [0.15, 0.2) is 5.78 Å². The Morgan fingerprint density at radius 1 is 1.00 bits per heavy atom. The Hall–Kier alpha value is -2.32. The molecule has 2 unspecified atom stereocenters. The number of hydrogen-bond donors (Lipinski definition) is 2. The lowest BCUT2D eigenvalue weighted by Crippen LogP contribution is -2.59. The van der Waals surface area contributed by atoms with Crippen LogP contribution in [-0.4, -0.2) is 30.6 Å². The topological polar surface area (TPSA) is 119 Å². The average Bonchev–Trinajstić information content (AvgIpc) is 2.85. The third kappa shape index (κ3) is 3.88. The van der Waals surface area contributed by atoms with Gasteiger partial charge in [0.05, 0.1) is 11.1 Å². The van der Waals surface area contributed by atoms with Crippen LogP contribution in [0.2, 0.25) is 0 Å². The molecule has 1 aromatic carbocycles. The first-order valence-corrected chi connectivity index (χ1v) is 14.9. The Labute approximate surface area is 212 Å². The van der Waals surface area contributed by atoms with E-state index >= 15 is 0 Å². The van der Waals surface area contributed by atoms with Gasteiger partial charge in [-0.2, -0.15) is 4.72 Å². The summed E-state index contributed by atoms with van der Waals surface area (Å²) in [6.45, 7) is 0. The lowest BCUT2D eigenvalue weighted by atomic mass is 9.45. The molecule has 5 fully saturated rings. The standard InChI is InChI=1S/C28H35N3O4S/c29-26(33)27-15-18-12-20(16-27)22(21(13-18)17-27)14-24(32)28(9-2-1-3-10-28)31-36(34,35)23-8-4-6-19-7-5-11-30-25(19)23/h4-8,11,18,20-22,31H,1-3,9-10,12-17H2,(H2,29,33). The quantitative estimate of drug-likeness (QED) is 0.582. The molecule has 1 heterocycles. The van der Waals surface area contributed by atoms with Gasteiger partial charge < -0.3 is 5.73 Å². The fraction of sp³-hybridized carbons (Fsp3) is 0.607. The lowest BCUT2D eigenvalue weighted by molar-refractivity contribution is -0.152. The van der Waals surface area contributed by atoms with Crippen LogP contribution in [0.3, 0.4) is 0 Å². The van der Waals surface area contributed by atoms with Crippen LogP contribution in [0.5, 0.6) is 0 Å². The van der Waals surface area contributed by atoms with E-state index in [1.165, 1.54) is 0 Å². The summed E-state index contributed by atoms with van der Waals surface area (Å²) in [5.74, 6) is 1.24. The minimum absolute atomic E-state index is 0.0181. The van der Waals surface area contributed by atoms with E-state index in [1.807, 2.05) is 12.1 Å². The summed E-state index contributed by atoms with van der Waals surface area (Å²) < 4.78 is 30.4. The molecular formula is C28H35N3O4S. The second kappa shape index (κ2) is 8.62. The van der Waals surface area contributed by atoms with Crippen molar-refractivity contribution in [2.45, 2.75) is 81.1 Å². The highest BCUT2D eigenvalue weighted by Gasteiger charge is 2.58. The number of carbonyl (C=O) groups is 2. The number of rotatable bonds is 7. The van der Waals surface area contributed by atoms with Gasteiger partial charge >= 0.3 is 0 Å². The molecule has 2 aromatic rings. The zero-order valence-electron chi connectivity index (χ0n) is 20.6. The average molecular weight is 510 g/mol. The number of fused-ring (bicyclic) bond motifs is 1. The number of nitrogens with two attached hydrogens (primary N) is 1. The smallest absolute Gasteiger partial charge is 0.243 e. The van der Waals surface area contributed by atoms with Gasteiger partial charge in [-0.15, -0.1) is 0 Å². The fourth-order valence-corrected chi connectivity index (χ4v) is 10.00. The summed E-state index contributed by atoms with van der Waals surface area (Å²) in [7, 11) is -3.97. The van der Waals surface area contributed by atoms with Crippen LogP contribution in [0.4, 0.5) is 0 Å². The molecule has 5 aliphatic rings. The van der Waals surface area contributed by atoms with Gasteiger partial charge in [0.1, 0.15) is 4.90 Å². The van der Waals surface area contributed by atoms with Crippen LogP contribution in [0.25, 0.3) is 10.9 Å². The van der Waals surface area contributed by atoms with Gasteiger partial charge in [-0.1, -0.05) is 37.5 Å². The van der Waals surface area contributed by atoms with Crippen molar-refractivity contribution in [3.63, 3.8) is 0 Å². The van der Waals surface area contributed by atoms with Crippen molar-refractivity contribution >= 4 is 32.6 Å². The van der Waals surface area contributed by atoms with Crippen LogP contribution in [0.15, 0.2) is 41.4 Å². The van der Waals surface area contributed by atoms with Crippen molar-refractivity contribution in [1.29, 1.82) is 0 Å². The number of nitrogens with one attached hydrogen (secondary N) is 1. The highest BCUT2D eigenvalue weighted by molar-refractivity contribution is 7.89. The Bertz CT molecular complexity index is 1300. The highest BCUT2D eigenvalue weighted by Crippen LogP contribution is 2.63. The van der Waals surface area contributed by atoms with E-state index in [1.54, 1.807) is 24.4 Å². The first-order chi connectivity index (χ1) is 17.2. The molecule has 5 aliphatic carbocycles. The number of hydrogen-bond acceptors (Lipinski definition) is 5. The number of Topliss-reactive ketones (excluding diaryl/α,β-unsaturated/α-hetero) is 1. The van der Waals surface area contributed by atoms with E-state index in [-0.39, 0.29) is 27.9 Å². The van der Waals surface area contributed by atoms with Gasteiger partial charge in [-0.25, -0.2) is 8.42 Å². The predicted octanol–water partition coefficient (Wildman–Crippen LogP) is 4.10. The summed E-state index contributed by atoms with van der Waals surface area (Å²) in [5, 5.41) is 0.751. The number of para-hydroxylation sites is 1. The monoisotopic (exact) mass is 509 g/mol. The number of aromatic nitrogens is 1. The molecule has 3 N–H and O–H groups in total. The molecular weight excluding hydrogens is 474 g/mol. The molecule has 8 heteroatoms. The van der Waals surface area contributed by atoms with E-state index in [0.29, 0.717) is 42.5 Å². The minimum atomic E-state index is -3.97. The molecule has 36 heavy (non-hydrogen) atoms. The van der Waals surface area contributed by atoms with E-state index in [2.05, 4.69) is 9.71 Å². The maximum absolute atomic E-state index is 14.1. The third-order valence-electron chi connectivity index (χ3n) is 9.87. The molecule has 0 aliphatic heterocycles. The van der Waals surface area contributed by atoms with Gasteiger partial charge in [0.25, 0.3) is 0 Å². The number of pyridine rings is 1. The Balaban J connectivity index is 1.28. The zero-order chi connectivity index (χ0) is 25.1. The zero-order valence-corrected chi connectivity index (χ0v) is 21.4. The third-order valence-corrected chi connectivity index (χ3v) is 11.4. The van der Waals surface area contributed by atoms with Crippen LogP contribution in [0.1, 0.15) is 70.6 Å². The van der Waals surface area contributed by atoms with Crippen molar-refractivity contribution in [3.8, 4) is 0 Å². The largest absolute Gasteiger partial charge is 0.369 e. The Morgan fingerprint density at radius 3 is 2.39 bits per heavy atom. The van der Waals surface area contributed by atoms with Gasteiger partial charge in [-0.05, 0) is 80.8 Å². The van der Waals surface area contributed by atoms with E-state index in [0.717, 1.165) is 56.8 Å². The van der Waals surface area contributed by atoms with Crippen LogP contribution in [0, 0.1) is 29.1 Å². The molecule has 2 atom stereocenters. The maximum Gasteiger partial charge on any atom is 0.243 e. The van der Waals surface area contributed by atoms with Gasteiger partial charge in [0, 0.05) is 23.4 Å². The number of amides is 1. The van der Waals surface area contributed by atoms with Crippen molar-refractivity contribution in [3.05, 3.63) is 36.5 Å². The number of benzene rings is 1. The molecule has 1 amide bonds. The van der Waals surface area contributed by atoms with Crippen molar-refractivity contribution in [2.75, 3.05) is 0 Å². The van der Waals surface area contributed by atoms with Crippen molar-refractivity contribution < 1.29 is 18.0 Å². The first-order valence-electron chi connectivity index (χ1n) is 13.4. The number of sulfonamides is 1. The maximum atomic E-state index is 14.1. The molecule has 192 valence electrons. The lowest BCUT2D eigenvalue weighted by Gasteiger charge is -2.59. The number of carbonyl (C=O) groups excluding carboxylic acids is 2. The Kier molecular flexibility index (Phi) is 5.76. The molecule has 4 bridgehead atoms. The number of primary amides is 1. The molecule has 1 aromatic heterocycles. The molecule has 0 radical (unpaired) electrons. The second-order valence-electron chi connectivity index (χ2n) is 12.0. The summed E-state index contributed by atoms with van der Waals surface area (Å²) >= 11 is 0. The summed E-state index contributed by atoms with van der Waals surface area (Å²) in [4.78, 5) is 30.9. The minimum Gasteiger partial charge on any atom is -0.369 e. The van der Waals surface area contributed by atoms with Gasteiger partial charge in [-0.3, -0.25) is 14.6 Å². The highest BCUT2D eigenvalue weighted by atomic mass is 32.2. The van der Waals surface area contributed by atoms with Crippen molar-refractivity contribution in [1.82, 2.24) is 9.71 Å². The number of nitrogens with zero attached hydrogens (tertiary/aromatic N) is 1. The van der Waals surface area contributed by atoms with E-state index < -0.39 is 15.6 Å². The normalized spacial score (nSPS) is 33.0. The molecule has 7 rings (SSSR count). The summed E-state index contributed by atoms with van der Waals surface area (Å²) in [6.07, 6.45) is 10.3. The van der Waals surface area contributed by atoms with E-state index in [9.17, 15) is 18.0 Å². The SMILES string of the molecule is NC(=O)C12CC3CC(C1)C(CC(=O)C1(NS(=O)(=O)c4cccc5cccnc45)CCCCC1)C(C3)C2. The summed E-state index contributed by atoms with van der Waals surface area (Å²) in [6, 6.07) is 8.75. The number of ketones is 1. The molecule has 0 saturated heterocycles. The second-order valence-corrected chi connectivity index (χ2v) is 13.6. The Morgan fingerprint density at radius 2 is 1.69 bits per heavy atom. The van der Waals surface area contributed by atoms with Crippen LogP contribution in [-0.2, 0) is 19.6 Å². The van der Waals surface area contributed by atoms with Crippen molar-refractivity contribution in [2.24, 2.45) is 34.8 Å². The van der Waals surface area contributed by atoms with Gasteiger partial charge in [0.2, 0.25) is 15.9 Å². The summed E-state index contributed by atoms with van der Waals surface area (Å²) in [5.41, 5.74) is 4.81. The molecule has 7 nitrogen and oxygen atoms in total.